The van der Waals surface area contributed by atoms with Crippen molar-refractivity contribution in [1.29, 1.82) is 0 Å². The van der Waals surface area contributed by atoms with Gasteiger partial charge in [-0.25, -0.2) is 0 Å². The van der Waals surface area contributed by atoms with Crippen LogP contribution in [0.25, 0.3) is 0 Å². The summed E-state index contributed by atoms with van der Waals surface area (Å²) >= 11 is 0. The molecule has 2 aromatic heterocycles. The van der Waals surface area contributed by atoms with E-state index in [0.717, 1.165) is 48.1 Å². The molecule has 1 radical (unpaired) electrons. The number of aromatic nitrogens is 2. The largest absolute Gasteiger partial charge is 0.545 e. The van der Waals surface area contributed by atoms with E-state index >= 15 is 0 Å². The number of hydrogen-bond donors (Lipinski definition) is 0. The number of ether oxygens (including phenoxy) is 2. The summed E-state index contributed by atoms with van der Waals surface area (Å²) < 4.78 is 10.8. The van der Waals surface area contributed by atoms with Gasteiger partial charge in [-0.15, -0.1) is 0 Å². The second kappa shape index (κ2) is 20.6. The smallest absolute Gasteiger partial charge is 0.122 e. The monoisotopic (exact) mass is 623 g/mol. The summed E-state index contributed by atoms with van der Waals surface area (Å²) in [7, 11) is 3.33. The van der Waals surface area contributed by atoms with E-state index in [2.05, 4.69) is 35.2 Å². The van der Waals surface area contributed by atoms with Crippen LogP contribution < -0.4 is 9.47 Å². The van der Waals surface area contributed by atoms with Crippen molar-refractivity contribution in [2.24, 2.45) is 0 Å². The number of pyridine rings is 2. The zero-order valence-electron chi connectivity index (χ0n) is 18.5. The fourth-order valence-electron chi connectivity index (χ4n) is 2.83. The van der Waals surface area contributed by atoms with Crippen LogP contribution in [-0.2, 0) is 54.4 Å². The molecule has 0 atom stereocenters. The molecule has 0 fully saturated rings. The summed E-state index contributed by atoms with van der Waals surface area (Å²) in [5.41, 5.74) is 3.17. The van der Waals surface area contributed by atoms with Gasteiger partial charge in [0.15, 0.2) is 0 Å². The van der Waals surface area contributed by atoms with Crippen molar-refractivity contribution in [3.63, 3.8) is 0 Å². The molecule has 3 aromatic rings. The molecule has 0 N–H and O–H groups in total. The fraction of sp³-hybridized carbons (Fsp3) is 0.208. The standard InChI is InChI=1S/C21H23N3O2.3CHO.Re/c1-25-20-11-17(12-21(13-20)26-2)14-24(15-18-7-3-5-9-22-18)16-19-8-4-6-10-23-19;3*1-2;/h3-13H,14-16H2,1-2H3;3*1H;/q;3*-1;. The van der Waals surface area contributed by atoms with E-state index in [1.165, 1.54) is 0 Å². The van der Waals surface area contributed by atoms with E-state index in [0.29, 0.717) is 0 Å². The van der Waals surface area contributed by atoms with E-state index in [1.54, 1.807) is 14.2 Å². The van der Waals surface area contributed by atoms with E-state index < -0.39 is 0 Å². The third-order valence-electron chi connectivity index (χ3n) is 4.04. The van der Waals surface area contributed by atoms with Crippen molar-refractivity contribution in [2.75, 3.05) is 14.2 Å². The Morgan fingerprint density at radius 3 is 1.45 bits per heavy atom. The van der Waals surface area contributed by atoms with E-state index in [1.807, 2.05) is 67.0 Å². The summed E-state index contributed by atoms with van der Waals surface area (Å²) in [5, 5.41) is 0. The minimum atomic E-state index is 0. The van der Waals surface area contributed by atoms with Gasteiger partial charge in [0.1, 0.15) is 11.5 Å². The molecule has 177 valence electrons. The first-order chi connectivity index (χ1) is 15.8. The van der Waals surface area contributed by atoms with Gasteiger partial charge in [-0.1, -0.05) is 12.1 Å². The van der Waals surface area contributed by atoms with Gasteiger partial charge in [0.2, 0.25) is 0 Å². The maximum Gasteiger partial charge on any atom is 0.122 e. The molecule has 3 rings (SSSR count). The van der Waals surface area contributed by atoms with Crippen molar-refractivity contribution in [2.45, 2.75) is 19.6 Å². The van der Waals surface area contributed by atoms with Crippen molar-refractivity contribution in [3.05, 3.63) is 83.9 Å². The van der Waals surface area contributed by atoms with Crippen LogP contribution in [0.5, 0.6) is 11.5 Å². The van der Waals surface area contributed by atoms with Crippen LogP contribution in [0.3, 0.4) is 0 Å². The van der Waals surface area contributed by atoms with E-state index in [9.17, 15) is 0 Å². The van der Waals surface area contributed by atoms with E-state index in [4.69, 9.17) is 23.9 Å². The van der Waals surface area contributed by atoms with Crippen molar-refractivity contribution >= 4 is 20.4 Å². The minimum Gasteiger partial charge on any atom is -0.545 e. The first-order valence-electron chi connectivity index (χ1n) is 9.21. The summed E-state index contributed by atoms with van der Waals surface area (Å²) in [5.74, 6) is 1.57. The normalized spacial score (nSPS) is 8.82. The topological polar surface area (TPSA) is 98.7 Å². The summed E-state index contributed by atoms with van der Waals surface area (Å²) in [6.07, 6.45) is 3.64. The molecule has 0 saturated carbocycles. The Labute approximate surface area is 208 Å². The Balaban J connectivity index is 0. The van der Waals surface area contributed by atoms with E-state index in [-0.39, 0.29) is 20.4 Å². The number of carbonyl (C=O) groups excluding carboxylic acids is 3. The predicted molar refractivity (Wildman–Crippen MR) is 121 cm³/mol. The molecule has 1 aromatic carbocycles. The zero-order valence-corrected chi connectivity index (χ0v) is 21.2. The Morgan fingerprint density at radius 1 is 0.697 bits per heavy atom. The van der Waals surface area contributed by atoms with Gasteiger partial charge in [-0.05, 0) is 42.0 Å². The fourth-order valence-corrected chi connectivity index (χ4v) is 2.83. The molecular weight excluding hydrogens is 596 g/mol. The summed E-state index contributed by atoms with van der Waals surface area (Å²) in [4.78, 5) is 34.5. The Kier molecular flexibility index (Phi) is 20.0. The van der Waals surface area contributed by atoms with Gasteiger partial charge < -0.3 is 23.9 Å². The average molecular weight is 623 g/mol. The maximum absolute atomic E-state index is 7.75. The molecule has 0 bridgehead atoms. The molecule has 0 amide bonds. The maximum atomic E-state index is 7.75. The first-order valence-corrected chi connectivity index (χ1v) is 9.21. The zero-order chi connectivity index (χ0) is 24.2. The molecule has 0 spiro atoms. The van der Waals surface area contributed by atoms with Gasteiger partial charge in [0.05, 0.1) is 25.6 Å². The van der Waals surface area contributed by atoms with Crippen molar-refractivity contribution in [3.8, 4) is 11.5 Å². The van der Waals surface area contributed by atoms with Crippen molar-refractivity contribution < 1.29 is 44.3 Å². The van der Waals surface area contributed by atoms with Crippen LogP contribution in [0.4, 0.5) is 0 Å². The van der Waals surface area contributed by atoms with Crippen LogP contribution in [0.15, 0.2) is 67.0 Å². The number of hydrogen-bond acceptors (Lipinski definition) is 8. The van der Waals surface area contributed by atoms with Gasteiger partial charge in [-0.2, -0.15) is 0 Å². The van der Waals surface area contributed by atoms with Gasteiger partial charge in [-0.3, -0.25) is 35.2 Å². The van der Waals surface area contributed by atoms with Gasteiger partial charge in [0, 0.05) is 58.5 Å². The SMILES string of the molecule is COc1cc(CN(Cc2ccccn2)Cc2ccccn2)cc(OC)c1.[CH-]=O.[CH-]=O.[CH-]=O.[Re]. The number of methoxy groups -OCH3 is 2. The molecule has 0 aliphatic carbocycles. The Morgan fingerprint density at radius 2 is 1.12 bits per heavy atom. The van der Waals surface area contributed by atoms with Crippen LogP contribution in [0, 0.1) is 0 Å². The number of rotatable bonds is 8. The van der Waals surface area contributed by atoms with Gasteiger partial charge in [0.25, 0.3) is 0 Å². The van der Waals surface area contributed by atoms with Crippen LogP contribution in [0.2, 0.25) is 0 Å². The summed E-state index contributed by atoms with van der Waals surface area (Å²) in [6.45, 7) is 12.0. The third kappa shape index (κ3) is 12.4. The van der Waals surface area contributed by atoms with Crippen LogP contribution in [0.1, 0.15) is 17.0 Å². The number of nitrogens with zero attached hydrogens (tertiary/aromatic N) is 3. The molecular formula is C24H26N3O5Re-3. The molecule has 2 heterocycles. The van der Waals surface area contributed by atoms with Crippen LogP contribution in [-0.4, -0.2) is 49.5 Å². The Bertz CT molecular complexity index is 804. The average Bonchev–Trinajstić information content (AvgIpc) is 2.88. The molecule has 0 aliphatic heterocycles. The second-order valence-electron chi connectivity index (χ2n) is 6.01. The van der Waals surface area contributed by atoms with Crippen molar-refractivity contribution in [1.82, 2.24) is 14.9 Å². The molecule has 8 nitrogen and oxygen atoms in total. The minimum absolute atomic E-state index is 0. The quantitative estimate of drug-likeness (QED) is 0.280. The van der Waals surface area contributed by atoms with Gasteiger partial charge >= 0.3 is 0 Å². The molecule has 0 saturated heterocycles. The Hall–Kier alpha value is -3.25. The first kappa shape index (κ1) is 31.9. The molecule has 9 heteroatoms. The molecule has 0 unspecified atom stereocenters. The molecule has 0 aliphatic rings. The molecule has 33 heavy (non-hydrogen) atoms. The van der Waals surface area contributed by atoms with Crippen LogP contribution >= 0.6 is 0 Å². The predicted octanol–water partition coefficient (Wildman–Crippen LogP) is 2.87. The third-order valence-corrected chi connectivity index (χ3v) is 4.04. The second-order valence-corrected chi connectivity index (χ2v) is 6.01. The number of benzene rings is 1. The summed E-state index contributed by atoms with van der Waals surface area (Å²) in [6, 6.07) is 17.9.